The molecule has 2 aromatic rings. The number of hydrazone groups is 1. The van der Waals surface area contributed by atoms with Gasteiger partial charge in [-0.25, -0.2) is 4.99 Å². The van der Waals surface area contributed by atoms with E-state index >= 15 is 0 Å². The monoisotopic (exact) mass is 440 g/mol. The highest BCUT2D eigenvalue weighted by Gasteiger charge is 2.32. The average Bonchev–Trinajstić information content (AvgIpc) is 2.89. The predicted octanol–water partition coefficient (Wildman–Crippen LogP) is 5.40. The second-order valence-electron chi connectivity index (χ2n) is 6.18. The molecule has 29 heavy (non-hydrogen) atoms. The molecule has 2 aromatic carbocycles. The highest BCUT2D eigenvalue weighted by atomic mass is 35.5. The largest absolute Gasteiger partial charge is 0.416 e. The molecule has 0 saturated heterocycles. The van der Waals surface area contributed by atoms with Gasteiger partial charge in [0.25, 0.3) is 0 Å². The molecule has 0 amide bonds. The van der Waals surface area contributed by atoms with Crippen molar-refractivity contribution in [2.45, 2.75) is 12.6 Å². The normalized spacial score (nSPS) is 14.6. The number of nitrogens with one attached hydrogen (secondary N) is 1. The van der Waals surface area contributed by atoms with E-state index in [4.69, 9.17) is 23.2 Å². The molecule has 0 bridgehead atoms. The third kappa shape index (κ3) is 5.36. The van der Waals surface area contributed by atoms with Crippen molar-refractivity contribution in [3.8, 4) is 0 Å². The lowest BCUT2D eigenvalue weighted by molar-refractivity contribution is -0.137. The molecule has 0 spiro atoms. The Morgan fingerprint density at radius 2 is 1.86 bits per heavy atom. The Morgan fingerprint density at radius 3 is 2.52 bits per heavy atom. The Labute approximate surface area is 176 Å². The Morgan fingerprint density at radius 1 is 1.10 bits per heavy atom. The number of benzene rings is 2. The summed E-state index contributed by atoms with van der Waals surface area (Å²) in [6, 6.07) is 12.5. The third-order valence-corrected chi connectivity index (χ3v) is 4.65. The second kappa shape index (κ2) is 9.41. The molecule has 0 fully saturated rings. The van der Waals surface area contributed by atoms with Gasteiger partial charge in [-0.2, -0.15) is 18.3 Å². The molecule has 1 heterocycles. The first-order valence-corrected chi connectivity index (χ1v) is 9.81. The molecular weight excluding hydrogens is 424 g/mol. The number of fused-ring (bicyclic) bond motifs is 1. The van der Waals surface area contributed by atoms with Crippen LogP contribution in [0.3, 0.4) is 0 Å². The van der Waals surface area contributed by atoms with Crippen LogP contribution in [-0.4, -0.2) is 35.6 Å². The molecule has 3 rings (SSSR count). The lowest BCUT2D eigenvalue weighted by atomic mass is 9.98. The van der Waals surface area contributed by atoms with Crippen LogP contribution in [0.25, 0.3) is 0 Å². The molecule has 1 N–H and O–H groups in total. The zero-order chi connectivity index (χ0) is 20.9. The predicted molar refractivity (Wildman–Crippen MR) is 112 cm³/mol. The van der Waals surface area contributed by atoms with E-state index in [9.17, 15) is 13.2 Å². The maximum atomic E-state index is 13.3. The van der Waals surface area contributed by atoms with E-state index in [1.54, 1.807) is 24.3 Å². The van der Waals surface area contributed by atoms with Crippen LogP contribution < -0.4 is 5.43 Å². The van der Waals surface area contributed by atoms with Crippen molar-refractivity contribution in [3.63, 3.8) is 0 Å². The summed E-state index contributed by atoms with van der Waals surface area (Å²) in [4.78, 5) is 8.96. The first-order chi connectivity index (χ1) is 13.9. The van der Waals surface area contributed by atoms with E-state index < -0.39 is 11.7 Å². The molecular formula is C20H17Cl2F3N4. The number of nitrogens with zero attached hydrogens (tertiary/aromatic N) is 3. The van der Waals surface area contributed by atoms with E-state index in [-0.39, 0.29) is 12.4 Å². The average molecular weight is 441 g/mol. The van der Waals surface area contributed by atoms with Gasteiger partial charge < -0.3 is 0 Å². The standard InChI is InChI=1S/C20H17Cl2F3N4/c21-9-8-15(11-22)28-29-18-12-26-19(13-4-2-1-3-5-13)16-10-14(20(23,24)25)6-7-17(16)27-18/h1-7,10H,8-9,11-12H2,(H,27,29). The third-order valence-electron chi connectivity index (χ3n) is 4.15. The van der Waals surface area contributed by atoms with E-state index in [1.165, 1.54) is 6.07 Å². The van der Waals surface area contributed by atoms with Crippen molar-refractivity contribution in [3.05, 3.63) is 65.2 Å². The van der Waals surface area contributed by atoms with Gasteiger partial charge in [0.15, 0.2) is 0 Å². The van der Waals surface area contributed by atoms with Crippen molar-refractivity contribution < 1.29 is 13.2 Å². The Bertz CT molecular complexity index is 954. The summed E-state index contributed by atoms with van der Waals surface area (Å²) in [7, 11) is 0. The summed E-state index contributed by atoms with van der Waals surface area (Å²) in [5.41, 5.74) is 4.54. The van der Waals surface area contributed by atoms with E-state index in [0.717, 1.165) is 12.1 Å². The molecule has 9 heteroatoms. The summed E-state index contributed by atoms with van der Waals surface area (Å²) in [5, 5.41) is 4.20. The Kier molecular flexibility index (Phi) is 6.92. The lowest BCUT2D eigenvalue weighted by Gasteiger charge is -2.12. The Hall–Kier alpha value is -2.38. The lowest BCUT2D eigenvalue weighted by Crippen LogP contribution is -2.23. The van der Waals surface area contributed by atoms with Crippen LogP contribution in [0.15, 0.2) is 63.6 Å². The number of amidine groups is 1. The molecule has 0 saturated carbocycles. The fourth-order valence-electron chi connectivity index (χ4n) is 2.73. The van der Waals surface area contributed by atoms with Crippen LogP contribution in [-0.2, 0) is 6.18 Å². The quantitative estimate of drug-likeness (QED) is 0.377. The van der Waals surface area contributed by atoms with Gasteiger partial charge in [0.05, 0.1) is 35.1 Å². The van der Waals surface area contributed by atoms with Crippen LogP contribution in [0.4, 0.5) is 18.9 Å². The van der Waals surface area contributed by atoms with Gasteiger partial charge >= 0.3 is 6.18 Å². The van der Waals surface area contributed by atoms with Gasteiger partial charge in [-0.3, -0.25) is 10.4 Å². The van der Waals surface area contributed by atoms with Crippen LogP contribution in [0, 0.1) is 0 Å². The first kappa shape index (κ1) is 21.3. The van der Waals surface area contributed by atoms with Gasteiger partial charge in [0, 0.05) is 23.4 Å². The second-order valence-corrected chi connectivity index (χ2v) is 6.83. The molecule has 1 aliphatic heterocycles. The summed E-state index contributed by atoms with van der Waals surface area (Å²) >= 11 is 11.6. The maximum Gasteiger partial charge on any atom is 0.416 e. The zero-order valence-electron chi connectivity index (χ0n) is 15.2. The topological polar surface area (TPSA) is 49.1 Å². The molecule has 0 atom stereocenters. The van der Waals surface area contributed by atoms with E-state index in [1.807, 2.05) is 6.07 Å². The maximum absolute atomic E-state index is 13.3. The SMILES string of the molecule is FC(F)(F)c1ccc2c(c1)C(c1ccccc1)=NCC(NN=C(CCl)CCCl)=N2. The fourth-order valence-corrected chi connectivity index (χ4v) is 3.14. The molecule has 1 aliphatic rings. The fraction of sp³-hybridized carbons (Fsp3) is 0.250. The smallest absolute Gasteiger partial charge is 0.276 e. The summed E-state index contributed by atoms with van der Waals surface area (Å²) in [6.07, 6.45) is -3.95. The molecule has 0 aliphatic carbocycles. The molecule has 152 valence electrons. The molecule has 0 radical (unpaired) electrons. The Balaban J connectivity index is 2.04. The summed E-state index contributed by atoms with van der Waals surface area (Å²) < 4.78 is 39.8. The minimum atomic E-state index is -4.46. The summed E-state index contributed by atoms with van der Waals surface area (Å²) in [5.74, 6) is 0.977. The van der Waals surface area contributed by atoms with Crippen molar-refractivity contribution in [1.82, 2.24) is 5.43 Å². The number of halogens is 5. The van der Waals surface area contributed by atoms with Gasteiger partial charge in [-0.1, -0.05) is 30.3 Å². The number of hydrogen-bond acceptors (Lipinski definition) is 4. The number of rotatable bonds is 5. The van der Waals surface area contributed by atoms with Gasteiger partial charge in [-0.15, -0.1) is 23.2 Å². The van der Waals surface area contributed by atoms with Crippen LogP contribution in [0.2, 0.25) is 0 Å². The van der Waals surface area contributed by atoms with Gasteiger partial charge in [0.1, 0.15) is 5.84 Å². The minimum absolute atomic E-state index is 0.125. The highest BCUT2D eigenvalue weighted by Crippen LogP contribution is 2.34. The highest BCUT2D eigenvalue weighted by molar-refractivity contribution is 6.29. The van der Waals surface area contributed by atoms with Gasteiger partial charge in [-0.05, 0) is 18.2 Å². The molecule has 4 nitrogen and oxygen atoms in total. The van der Waals surface area contributed by atoms with Crippen molar-refractivity contribution >= 4 is 46.1 Å². The molecule has 0 unspecified atom stereocenters. The number of hydrogen-bond donors (Lipinski definition) is 1. The molecule has 0 aromatic heterocycles. The number of aliphatic imine (C=N–C) groups is 2. The first-order valence-electron chi connectivity index (χ1n) is 8.75. The van der Waals surface area contributed by atoms with Crippen LogP contribution in [0.5, 0.6) is 0 Å². The van der Waals surface area contributed by atoms with E-state index in [0.29, 0.717) is 46.4 Å². The van der Waals surface area contributed by atoms with Crippen LogP contribution in [0.1, 0.15) is 23.1 Å². The van der Waals surface area contributed by atoms with Crippen molar-refractivity contribution in [1.29, 1.82) is 0 Å². The van der Waals surface area contributed by atoms with Crippen molar-refractivity contribution in [2.24, 2.45) is 15.1 Å². The summed E-state index contributed by atoms with van der Waals surface area (Å²) in [6.45, 7) is 0.125. The van der Waals surface area contributed by atoms with Gasteiger partial charge in [0.2, 0.25) is 0 Å². The van der Waals surface area contributed by atoms with Crippen molar-refractivity contribution in [2.75, 3.05) is 18.3 Å². The zero-order valence-corrected chi connectivity index (χ0v) is 16.7. The van der Waals surface area contributed by atoms with E-state index in [2.05, 4.69) is 20.5 Å². The minimum Gasteiger partial charge on any atom is -0.276 e. The number of alkyl halides is 5. The van der Waals surface area contributed by atoms with Crippen LogP contribution >= 0.6 is 23.2 Å².